The summed E-state index contributed by atoms with van der Waals surface area (Å²) in [5.41, 5.74) is 1.21. The van der Waals surface area contributed by atoms with Crippen LogP contribution in [0.4, 0.5) is 22.0 Å². The van der Waals surface area contributed by atoms with Gasteiger partial charge in [-0.2, -0.15) is 10.4 Å². The number of halogens is 1. The number of hydrogen-bond acceptors (Lipinski definition) is 7. The number of amides is 1. The Balaban J connectivity index is 1.64. The van der Waals surface area contributed by atoms with E-state index in [9.17, 15) is 14.9 Å². The molecule has 0 bridgehead atoms. The van der Waals surface area contributed by atoms with Crippen molar-refractivity contribution in [2.24, 2.45) is 0 Å². The summed E-state index contributed by atoms with van der Waals surface area (Å²) in [6.45, 7) is 1.86. The predicted molar refractivity (Wildman–Crippen MR) is 111 cm³/mol. The molecule has 3 heterocycles. The van der Waals surface area contributed by atoms with Gasteiger partial charge in [-0.1, -0.05) is 11.6 Å². The molecular weight excluding hydrogens is 410 g/mol. The van der Waals surface area contributed by atoms with Gasteiger partial charge >= 0.3 is 6.09 Å². The van der Waals surface area contributed by atoms with E-state index in [2.05, 4.69) is 26.6 Å². The van der Waals surface area contributed by atoms with Crippen LogP contribution in [0.25, 0.3) is 10.8 Å². The summed E-state index contributed by atoms with van der Waals surface area (Å²) in [6, 6.07) is 8.96. The van der Waals surface area contributed by atoms with E-state index in [4.69, 9.17) is 16.7 Å². The third-order valence-corrected chi connectivity index (χ3v) is 5.10. The number of piperazine rings is 1. The van der Waals surface area contributed by atoms with Gasteiger partial charge in [0.15, 0.2) is 0 Å². The van der Waals surface area contributed by atoms with E-state index in [1.807, 2.05) is 11.0 Å². The largest absolute Gasteiger partial charge is 0.465 e. The smallest absolute Gasteiger partial charge is 0.407 e. The molecule has 1 aliphatic heterocycles. The molecular formula is C19H16ClN7O3. The molecule has 0 spiro atoms. The molecule has 0 saturated carbocycles. The Morgan fingerprint density at radius 2 is 2.03 bits per heavy atom. The van der Waals surface area contributed by atoms with Crippen molar-refractivity contribution in [1.29, 1.82) is 5.26 Å². The zero-order valence-electron chi connectivity index (χ0n) is 15.6. The van der Waals surface area contributed by atoms with Gasteiger partial charge in [0.2, 0.25) is 0 Å². The van der Waals surface area contributed by atoms with Crippen LogP contribution < -0.4 is 15.8 Å². The molecule has 1 fully saturated rings. The highest BCUT2D eigenvalue weighted by Crippen LogP contribution is 2.29. The topological polar surface area (TPSA) is 138 Å². The lowest BCUT2D eigenvalue weighted by Crippen LogP contribution is -2.48. The molecule has 2 aromatic heterocycles. The third kappa shape index (κ3) is 3.70. The molecule has 30 heavy (non-hydrogen) atoms. The average molecular weight is 426 g/mol. The molecule has 1 saturated heterocycles. The molecule has 1 aromatic carbocycles. The Labute approximate surface area is 175 Å². The van der Waals surface area contributed by atoms with Gasteiger partial charge in [0, 0.05) is 37.3 Å². The fraction of sp³-hybridized carbons (Fsp3) is 0.211. The molecule has 4 rings (SSSR count). The molecule has 1 aliphatic rings. The number of hydrogen-bond donors (Lipinski definition) is 3. The summed E-state index contributed by atoms with van der Waals surface area (Å²) in [7, 11) is 0. The first kappa shape index (κ1) is 19.5. The zero-order valence-corrected chi connectivity index (χ0v) is 16.3. The molecule has 11 heteroatoms. The Bertz CT molecular complexity index is 1230. The van der Waals surface area contributed by atoms with Crippen LogP contribution in [0.5, 0.6) is 0 Å². The van der Waals surface area contributed by atoms with Crippen molar-refractivity contribution < 1.29 is 9.90 Å². The van der Waals surface area contributed by atoms with Crippen molar-refractivity contribution in [3.05, 3.63) is 51.5 Å². The number of nitrogens with zero attached hydrogens (tertiary/aromatic N) is 5. The maximum absolute atomic E-state index is 12.2. The first-order chi connectivity index (χ1) is 14.5. The van der Waals surface area contributed by atoms with E-state index in [0.717, 1.165) is 5.69 Å². The van der Waals surface area contributed by atoms with Crippen LogP contribution in [-0.4, -0.2) is 57.5 Å². The molecule has 3 N–H and O–H groups in total. The fourth-order valence-electron chi connectivity index (χ4n) is 3.39. The number of carboxylic acid groups (broad SMARTS) is 1. The third-order valence-electron chi connectivity index (χ3n) is 4.91. The Hall–Kier alpha value is -3.84. The zero-order chi connectivity index (χ0) is 21.3. The van der Waals surface area contributed by atoms with Gasteiger partial charge in [0.25, 0.3) is 5.56 Å². The highest BCUT2D eigenvalue weighted by Gasteiger charge is 2.21. The van der Waals surface area contributed by atoms with Crippen molar-refractivity contribution in [2.75, 3.05) is 36.4 Å². The van der Waals surface area contributed by atoms with Crippen LogP contribution in [0.2, 0.25) is 5.15 Å². The van der Waals surface area contributed by atoms with E-state index in [0.29, 0.717) is 42.8 Å². The molecule has 152 valence electrons. The summed E-state index contributed by atoms with van der Waals surface area (Å²) in [4.78, 5) is 30.9. The van der Waals surface area contributed by atoms with E-state index in [1.165, 1.54) is 17.2 Å². The first-order valence-corrected chi connectivity index (χ1v) is 9.42. The summed E-state index contributed by atoms with van der Waals surface area (Å²) >= 11 is 6.07. The SMILES string of the molecule is N#Cc1cc(N2CCN(C(=O)O)CC2)ccc1Nc1nc(Cl)cc2cn[nH]c(=O)c12. The van der Waals surface area contributed by atoms with Crippen LogP contribution in [0.3, 0.4) is 0 Å². The molecule has 0 radical (unpaired) electrons. The highest BCUT2D eigenvalue weighted by atomic mass is 35.5. The second kappa shape index (κ2) is 7.88. The van der Waals surface area contributed by atoms with Gasteiger partial charge in [0.05, 0.1) is 22.8 Å². The average Bonchev–Trinajstić information content (AvgIpc) is 2.74. The van der Waals surface area contributed by atoms with Gasteiger partial charge in [0.1, 0.15) is 17.0 Å². The molecule has 1 amide bonds. The Kier molecular flexibility index (Phi) is 5.12. The normalized spacial score (nSPS) is 13.9. The number of aromatic nitrogens is 3. The van der Waals surface area contributed by atoms with E-state index in [-0.39, 0.29) is 16.4 Å². The number of benzene rings is 1. The number of anilines is 3. The molecule has 10 nitrogen and oxygen atoms in total. The van der Waals surface area contributed by atoms with E-state index >= 15 is 0 Å². The van der Waals surface area contributed by atoms with Crippen LogP contribution >= 0.6 is 11.6 Å². The lowest BCUT2D eigenvalue weighted by Gasteiger charge is -2.34. The van der Waals surface area contributed by atoms with Crippen molar-refractivity contribution in [3.63, 3.8) is 0 Å². The first-order valence-electron chi connectivity index (χ1n) is 9.04. The lowest BCUT2D eigenvalue weighted by atomic mass is 10.1. The second-order valence-electron chi connectivity index (χ2n) is 6.68. The van der Waals surface area contributed by atoms with Gasteiger partial charge in [-0.3, -0.25) is 4.79 Å². The van der Waals surface area contributed by atoms with Gasteiger partial charge in [-0.15, -0.1) is 0 Å². The van der Waals surface area contributed by atoms with E-state index in [1.54, 1.807) is 12.1 Å². The van der Waals surface area contributed by atoms with Gasteiger partial charge < -0.3 is 20.2 Å². The fourth-order valence-corrected chi connectivity index (χ4v) is 3.60. The quantitative estimate of drug-likeness (QED) is 0.543. The van der Waals surface area contributed by atoms with Crippen molar-refractivity contribution >= 4 is 45.7 Å². The second-order valence-corrected chi connectivity index (χ2v) is 7.07. The summed E-state index contributed by atoms with van der Waals surface area (Å²) in [5.74, 6) is 0.223. The number of aromatic amines is 1. The number of rotatable bonds is 3. The summed E-state index contributed by atoms with van der Waals surface area (Å²) in [6.07, 6.45) is 0.541. The van der Waals surface area contributed by atoms with E-state index < -0.39 is 11.7 Å². The van der Waals surface area contributed by atoms with Crippen LogP contribution in [0, 0.1) is 11.3 Å². The number of nitrogens with one attached hydrogen (secondary N) is 2. The Morgan fingerprint density at radius 1 is 1.27 bits per heavy atom. The van der Waals surface area contributed by atoms with Crippen LogP contribution in [-0.2, 0) is 0 Å². The number of H-pyrrole nitrogens is 1. The van der Waals surface area contributed by atoms with Crippen LogP contribution in [0.1, 0.15) is 5.56 Å². The maximum atomic E-state index is 12.2. The highest BCUT2D eigenvalue weighted by molar-refractivity contribution is 6.30. The molecule has 3 aromatic rings. The van der Waals surface area contributed by atoms with Crippen molar-refractivity contribution in [1.82, 2.24) is 20.1 Å². The number of nitriles is 1. The van der Waals surface area contributed by atoms with Crippen LogP contribution in [0.15, 0.2) is 35.3 Å². The van der Waals surface area contributed by atoms with Gasteiger partial charge in [-0.05, 0) is 24.3 Å². The molecule has 0 atom stereocenters. The lowest BCUT2D eigenvalue weighted by molar-refractivity contribution is 0.142. The minimum atomic E-state index is -0.932. The standard InChI is InChI=1S/C19H16ClN7O3/c20-15-8-12-10-22-25-18(28)16(12)17(24-15)23-14-2-1-13(7-11(14)9-21)26-3-5-27(6-4-26)19(29)30/h1-2,7-8,10H,3-6H2,(H,23,24)(H,25,28)(H,29,30). The molecule has 0 aliphatic carbocycles. The minimum Gasteiger partial charge on any atom is -0.465 e. The van der Waals surface area contributed by atoms with Gasteiger partial charge in [-0.25, -0.2) is 14.9 Å². The maximum Gasteiger partial charge on any atom is 0.407 e. The number of carbonyl (C=O) groups is 1. The summed E-state index contributed by atoms with van der Waals surface area (Å²) < 4.78 is 0. The Morgan fingerprint density at radius 3 is 2.73 bits per heavy atom. The number of pyridine rings is 1. The van der Waals surface area contributed by atoms with Crippen molar-refractivity contribution in [3.8, 4) is 6.07 Å². The monoisotopic (exact) mass is 425 g/mol. The predicted octanol–water partition coefficient (Wildman–Crippen LogP) is 2.39. The minimum absolute atomic E-state index is 0.184. The van der Waals surface area contributed by atoms with Crippen molar-refractivity contribution in [2.45, 2.75) is 0 Å². The summed E-state index contributed by atoms with van der Waals surface area (Å²) in [5, 5.41) is 28.9. The number of fused-ring (bicyclic) bond motifs is 1. The molecule has 0 unspecified atom stereocenters.